The summed E-state index contributed by atoms with van der Waals surface area (Å²) in [5, 5.41) is 12.9. The average molecular weight is 196 g/mol. The molecule has 1 aliphatic carbocycles. The average Bonchev–Trinajstić information content (AvgIpc) is 2.49. The SMILES string of the molecule is COc1cnn(C2CCC2C(=O)O)c1. The van der Waals surface area contributed by atoms with E-state index in [1.807, 2.05) is 0 Å². The van der Waals surface area contributed by atoms with Gasteiger partial charge in [-0.1, -0.05) is 0 Å². The van der Waals surface area contributed by atoms with Crippen molar-refractivity contribution in [3.8, 4) is 5.75 Å². The second kappa shape index (κ2) is 3.32. The van der Waals surface area contributed by atoms with Crippen LogP contribution in [-0.4, -0.2) is 28.0 Å². The van der Waals surface area contributed by atoms with Gasteiger partial charge in [0.15, 0.2) is 5.75 Å². The number of hydrogen-bond donors (Lipinski definition) is 1. The number of carbonyl (C=O) groups is 1. The maximum absolute atomic E-state index is 10.8. The summed E-state index contributed by atoms with van der Waals surface area (Å²) in [5.74, 6) is -0.364. The number of rotatable bonds is 3. The second-order valence-corrected chi connectivity index (χ2v) is 3.45. The highest BCUT2D eigenvalue weighted by molar-refractivity contribution is 5.71. The highest BCUT2D eigenvalue weighted by atomic mass is 16.5. The molecule has 5 heteroatoms. The van der Waals surface area contributed by atoms with Crippen LogP contribution >= 0.6 is 0 Å². The van der Waals surface area contributed by atoms with Crippen LogP contribution in [0.4, 0.5) is 0 Å². The first-order valence-electron chi connectivity index (χ1n) is 4.53. The van der Waals surface area contributed by atoms with Gasteiger partial charge < -0.3 is 9.84 Å². The van der Waals surface area contributed by atoms with Crippen molar-refractivity contribution in [1.82, 2.24) is 9.78 Å². The standard InChI is InChI=1S/C9H12N2O3/c1-14-6-4-10-11(5-6)8-3-2-7(8)9(12)13/h4-5,7-8H,2-3H2,1H3,(H,12,13). The number of methoxy groups -OCH3 is 1. The third-order valence-electron chi connectivity index (χ3n) is 2.71. The Morgan fingerprint density at radius 2 is 2.50 bits per heavy atom. The summed E-state index contributed by atoms with van der Waals surface area (Å²) < 4.78 is 6.66. The summed E-state index contributed by atoms with van der Waals surface area (Å²) >= 11 is 0. The molecule has 76 valence electrons. The molecule has 1 aromatic heterocycles. The fourth-order valence-corrected chi connectivity index (χ4v) is 1.69. The molecule has 14 heavy (non-hydrogen) atoms. The van der Waals surface area contributed by atoms with Crippen LogP contribution in [0.2, 0.25) is 0 Å². The largest absolute Gasteiger partial charge is 0.493 e. The zero-order valence-electron chi connectivity index (χ0n) is 7.88. The summed E-state index contributed by atoms with van der Waals surface area (Å²) in [4.78, 5) is 10.8. The minimum absolute atomic E-state index is 0.00333. The molecule has 0 spiro atoms. The van der Waals surface area contributed by atoms with Crippen LogP contribution in [0.1, 0.15) is 18.9 Å². The molecule has 2 atom stereocenters. The van der Waals surface area contributed by atoms with E-state index in [1.165, 1.54) is 0 Å². The highest BCUT2D eigenvalue weighted by Gasteiger charge is 2.38. The van der Waals surface area contributed by atoms with Gasteiger partial charge >= 0.3 is 5.97 Å². The Bertz CT molecular complexity index is 348. The number of carboxylic acid groups (broad SMARTS) is 1. The lowest BCUT2D eigenvalue weighted by Gasteiger charge is -2.33. The first kappa shape index (κ1) is 9.05. The zero-order valence-corrected chi connectivity index (χ0v) is 7.88. The molecule has 0 saturated heterocycles. The molecule has 2 unspecified atom stereocenters. The lowest BCUT2D eigenvalue weighted by atomic mass is 9.80. The molecular formula is C9H12N2O3. The normalized spacial score (nSPS) is 25.5. The Morgan fingerprint density at radius 3 is 2.93 bits per heavy atom. The Labute approximate surface area is 81.3 Å². The van der Waals surface area contributed by atoms with E-state index in [2.05, 4.69) is 5.10 Å². The van der Waals surface area contributed by atoms with E-state index < -0.39 is 5.97 Å². The van der Waals surface area contributed by atoms with Crippen LogP contribution in [0.5, 0.6) is 5.75 Å². The number of nitrogens with zero attached hydrogens (tertiary/aromatic N) is 2. The van der Waals surface area contributed by atoms with Gasteiger partial charge in [0.25, 0.3) is 0 Å². The van der Waals surface area contributed by atoms with Crippen LogP contribution in [0.25, 0.3) is 0 Å². The number of aliphatic carboxylic acids is 1. The fourth-order valence-electron chi connectivity index (χ4n) is 1.69. The van der Waals surface area contributed by atoms with Gasteiger partial charge in [-0.15, -0.1) is 0 Å². The summed E-state index contributed by atoms with van der Waals surface area (Å²) in [7, 11) is 1.57. The van der Waals surface area contributed by atoms with E-state index in [-0.39, 0.29) is 12.0 Å². The third-order valence-corrected chi connectivity index (χ3v) is 2.71. The molecule has 1 N–H and O–H groups in total. The van der Waals surface area contributed by atoms with Crippen molar-refractivity contribution in [2.24, 2.45) is 5.92 Å². The first-order chi connectivity index (χ1) is 6.72. The van der Waals surface area contributed by atoms with Crippen molar-refractivity contribution in [3.63, 3.8) is 0 Å². The predicted octanol–water partition coefficient (Wildman–Crippen LogP) is 0.927. The van der Waals surface area contributed by atoms with E-state index in [9.17, 15) is 4.79 Å². The van der Waals surface area contributed by atoms with Crippen LogP contribution < -0.4 is 4.74 Å². The molecule has 0 bridgehead atoms. The van der Waals surface area contributed by atoms with Crippen LogP contribution in [0.3, 0.4) is 0 Å². The molecule has 5 nitrogen and oxygen atoms in total. The van der Waals surface area contributed by atoms with Gasteiger partial charge in [-0.25, -0.2) is 0 Å². The third kappa shape index (κ3) is 1.34. The predicted molar refractivity (Wildman–Crippen MR) is 48.2 cm³/mol. The molecule has 1 saturated carbocycles. The van der Waals surface area contributed by atoms with Gasteiger partial charge in [-0.05, 0) is 12.8 Å². The van der Waals surface area contributed by atoms with E-state index in [1.54, 1.807) is 24.2 Å². The molecule has 0 aromatic carbocycles. The maximum Gasteiger partial charge on any atom is 0.308 e. The lowest BCUT2D eigenvalue weighted by Crippen LogP contribution is -2.35. The van der Waals surface area contributed by atoms with Gasteiger partial charge in [0.1, 0.15) is 0 Å². The smallest absolute Gasteiger partial charge is 0.308 e. The quantitative estimate of drug-likeness (QED) is 0.781. The molecule has 0 amide bonds. The summed E-state index contributed by atoms with van der Waals surface area (Å²) in [5.41, 5.74) is 0. The molecule has 0 aliphatic heterocycles. The van der Waals surface area contributed by atoms with Crippen molar-refractivity contribution >= 4 is 5.97 Å². The minimum atomic E-state index is -0.740. The second-order valence-electron chi connectivity index (χ2n) is 3.45. The van der Waals surface area contributed by atoms with Gasteiger partial charge in [0.05, 0.1) is 31.5 Å². The van der Waals surface area contributed by atoms with E-state index in [0.29, 0.717) is 5.75 Å². The zero-order chi connectivity index (χ0) is 10.1. The number of aromatic nitrogens is 2. The molecule has 1 aromatic rings. The van der Waals surface area contributed by atoms with Crippen molar-refractivity contribution in [2.45, 2.75) is 18.9 Å². The summed E-state index contributed by atoms with van der Waals surface area (Å²) in [6.07, 6.45) is 4.95. The van der Waals surface area contributed by atoms with Crippen molar-refractivity contribution in [1.29, 1.82) is 0 Å². The first-order valence-corrected chi connectivity index (χ1v) is 4.53. The van der Waals surface area contributed by atoms with Crippen molar-refractivity contribution in [2.75, 3.05) is 7.11 Å². The number of carboxylic acids is 1. The van der Waals surface area contributed by atoms with Gasteiger partial charge in [0, 0.05) is 0 Å². The van der Waals surface area contributed by atoms with Crippen molar-refractivity contribution in [3.05, 3.63) is 12.4 Å². The molecule has 2 rings (SSSR count). The van der Waals surface area contributed by atoms with E-state index in [0.717, 1.165) is 12.8 Å². The monoisotopic (exact) mass is 196 g/mol. The topological polar surface area (TPSA) is 64.4 Å². The molecule has 0 radical (unpaired) electrons. The fraction of sp³-hybridized carbons (Fsp3) is 0.556. The molecular weight excluding hydrogens is 184 g/mol. The molecule has 1 heterocycles. The Hall–Kier alpha value is -1.52. The minimum Gasteiger partial charge on any atom is -0.493 e. The van der Waals surface area contributed by atoms with Crippen LogP contribution in [-0.2, 0) is 4.79 Å². The lowest BCUT2D eigenvalue weighted by molar-refractivity contribution is -0.147. The summed E-state index contributed by atoms with van der Waals surface area (Å²) in [6.45, 7) is 0. The van der Waals surface area contributed by atoms with E-state index >= 15 is 0 Å². The van der Waals surface area contributed by atoms with Gasteiger partial charge in [-0.3, -0.25) is 9.48 Å². The Kier molecular flexibility index (Phi) is 2.15. The Morgan fingerprint density at radius 1 is 1.71 bits per heavy atom. The van der Waals surface area contributed by atoms with Crippen LogP contribution in [0, 0.1) is 5.92 Å². The van der Waals surface area contributed by atoms with Gasteiger partial charge in [0.2, 0.25) is 0 Å². The Balaban J connectivity index is 2.12. The van der Waals surface area contributed by atoms with Crippen molar-refractivity contribution < 1.29 is 14.6 Å². The van der Waals surface area contributed by atoms with Crippen LogP contribution in [0.15, 0.2) is 12.4 Å². The number of hydrogen-bond acceptors (Lipinski definition) is 3. The van der Waals surface area contributed by atoms with E-state index in [4.69, 9.17) is 9.84 Å². The summed E-state index contributed by atoms with van der Waals surface area (Å²) in [6, 6.07) is -0.00333. The van der Waals surface area contributed by atoms with Gasteiger partial charge in [-0.2, -0.15) is 5.10 Å². The highest BCUT2D eigenvalue weighted by Crippen LogP contribution is 2.38. The number of ether oxygens (including phenoxy) is 1. The molecule has 1 fully saturated rings. The molecule has 1 aliphatic rings. The maximum atomic E-state index is 10.8.